The van der Waals surface area contributed by atoms with Gasteiger partial charge in [-0.05, 0) is 92.4 Å². The summed E-state index contributed by atoms with van der Waals surface area (Å²) in [5.74, 6) is -0.467. The second-order valence-corrected chi connectivity index (χ2v) is 17.0. The summed E-state index contributed by atoms with van der Waals surface area (Å²) < 4.78 is 120. The fraction of sp³-hybridized carbons (Fsp3) is 0.348. The summed E-state index contributed by atoms with van der Waals surface area (Å²) in [7, 11) is -3.22. The lowest BCUT2D eigenvalue weighted by atomic mass is 9.78. The molecule has 2 aliphatic carbocycles. The monoisotopic (exact) mass is 834 g/mol. The van der Waals surface area contributed by atoms with Gasteiger partial charge in [-0.3, -0.25) is 0 Å². The van der Waals surface area contributed by atoms with Crippen molar-refractivity contribution in [3.63, 3.8) is 0 Å². The molecular weight excluding hydrogens is 788 g/mol. The summed E-state index contributed by atoms with van der Waals surface area (Å²) in [4.78, 5) is 0. The Bertz CT molecular complexity index is 2050. The van der Waals surface area contributed by atoms with E-state index >= 15 is 17.6 Å². The lowest BCUT2D eigenvalue weighted by Gasteiger charge is -2.36. The predicted molar refractivity (Wildman–Crippen MR) is 220 cm³/mol. The van der Waals surface area contributed by atoms with Crippen molar-refractivity contribution >= 4 is 31.2 Å². The van der Waals surface area contributed by atoms with Crippen molar-refractivity contribution in [1.82, 2.24) is 0 Å². The van der Waals surface area contributed by atoms with E-state index in [2.05, 4.69) is 0 Å². The number of para-hydroxylation sites is 3. The fourth-order valence-electron chi connectivity index (χ4n) is 8.08. The summed E-state index contributed by atoms with van der Waals surface area (Å²) in [5, 5.41) is 1.67. The first kappa shape index (κ1) is 42.3. The zero-order valence-electron chi connectivity index (χ0n) is 32.5. The topological polar surface area (TPSA) is 46.2 Å². The van der Waals surface area contributed by atoms with Crippen molar-refractivity contribution in [2.24, 2.45) is 0 Å². The zero-order chi connectivity index (χ0) is 41.2. The van der Waals surface area contributed by atoms with Crippen LogP contribution in [-0.2, 0) is 0 Å². The highest BCUT2D eigenvalue weighted by Crippen LogP contribution is 2.53. The van der Waals surface area contributed by atoms with E-state index in [4.69, 9.17) is 23.4 Å². The van der Waals surface area contributed by atoms with Crippen LogP contribution in [0.5, 0.6) is 28.7 Å². The third kappa shape index (κ3) is 10.7. The number of rotatable bonds is 17. The molecule has 0 N–H and O–H groups in total. The highest BCUT2D eigenvalue weighted by Gasteiger charge is 2.43. The average molecular weight is 835 g/mol. The van der Waals surface area contributed by atoms with Crippen LogP contribution in [0.4, 0.5) is 26.3 Å². The molecule has 0 spiro atoms. The molecule has 5 aromatic carbocycles. The first-order chi connectivity index (χ1) is 28.6. The molecule has 0 radical (unpaired) electrons. The summed E-state index contributed by atoms with van der Waals surface area (Å²) in [6.45, 7) is -4.29. The molecule has 0 aromatic heterocycles. The molecule has 2 aliphatic rings. The minimum atomic E-state index is -4.29. The molecular formula is C46H46BF6O5P. The fourth-order valence-corrected chi connectivity index (χ4v) is 10.7. The van der Waals surface area contributed by atoms with E-state index in [1.807, 2.05) is 48.5 Å². The highest BCUT2D eigenvalue weighted by molar-refractivity contribution is 7.80. The quantitative estimate of drug-likeness (QED) is 0.0530. The zero-order valence-corrected chi connectivity index (χ0v) is 33.4. The van der Waals surface area contributed by atoms with E-state index in [1.165, 1.54) is 6.07 Å². The number of hydrogen-bond donors (Lipinski definition) is 0. The molecule has 7 rings (SSSR count). The van der Waals surface area contributed by atoms with Gasteiger partial charge < -0.3 is 23.4 Å². The minimum absolute atomic E-state index is 0.00964. The van der Waals surface area contributed by atoms with Crippen LogP contribution in [0.25, 0.3) is 0 Å². The van der Waals surface area contributed by atoms with Crippen LogP contribution >= 0.6 is 7.92 Å². The van der Waals surface area contributed by atoms with Gasteiger partial charge >= 0.3 is 19.5 Å². The molecule has 13 heteroatoms. The molecule has 1 atom stereocenters. The van der Waals surface area contributed by atoms with Crippen molar-refractivity contribution in [1.29, 1.82) is 0 Å². The Morgan fingerprint density at radius 2 is 0.983 bits per heavy atom. The maximum absolute atomic E-state index is 15.5. The van der Waals surface area contributed by atoms with Gasteiger partial charge in [0.25, 0.3) is 0 Å². The Kier molecular flexibility index (Phi) is 14.0. The molecule has 310 valence electrons. The van der Waals surface area contributed by atoms with E-state index in [0.29, 0.717) is 71.9 Å². The third-order valence-electron chi connectivity index (χ3n) is 10.7. The van der Waals surface area contributed by atoms with Gasteiger partial charge in [-0.1, -0.05) is 123 Å². The van der Waals surface area contributed by atoms with Crippen molar-refractivity contribution in [3.8, 4) is 28.7 Å². The van der Waals surface area contributed by atoms with Gasteiger partial charge in [0.05, 0.1) is 0 Å². The standard InChI is InChI=1S/C46H46BF6O5P/c48-31-45(50,51)54-39-30-41(43(34-20-8-2-9-21-34)44(55-46(52,53)32-49)42(39)33-18-6-1-7-19-33)59(37-26-14-5-15-27-37)40-29-17-16-28-38(40)58-47(56-35-22-10-3-11-23-35)57-36-24-12-4-13-25-36/h3-5,10-17,22-30,33-34H,1-2,6-9,18-21,31-32H2. The molecule has 0 aliphatic heterocycles. The second kappa shape index (κ2) is 19.5. The van der Waals surface area contributed by atoms with Gasteiger partial charge in [0.15, 0.2) is 13.3 Å². The van der Waals surface area contributed by atoms with Gasteiger partial charge in [0, 0.05) is 16.4 Å². The SMILES string of the molecule is FCC(F)(F)Oc1cc(P(c2ccccc2)c2ccccc2OB(Oc2ccccc2)Oc2ccccc2)c(C2CCCCC2)c(OC(F)(F)CF)c1C1CCCCC1. The Morgan fingerprint density at radius 1 is 0.508 bits per heavy atom. The number of alkyl halides is 6. The Morgan fingerprint density at radius 3 is 1.53 bits per heavy atom. The van der Waals surface area contributed by atoms with E-state index in [1.54, 1.807) is 66.7 Å². The van der Waals surface area contributed by atoms with Crippen molar-refractivity contribution in [2.45, 2.75) is 88.3 Å². The summed E-state index contributed by atoms with van der Waals surface area (Å²) in [6.07, 6.45) is -1.63. The van der Waals surface area contributed by atoms with Gasteiger partial charge in [-0.2, -0.15) is 17.6 Å². The summed E-state index contributed by atoms with van der Waals surface area (Å²) in [5.41, 5.74) is 0.409. The van der Waals surface area contributed by atoms with E-state index < -0.39 is 52.5 Å². The smallest absolute Gasteiger partial charge is 0.490 e. The lowest BCUT2D eigenvalue weighted by Crippen LogP contribution is -2.39. The maximum Gasteiger partial charge on any atom is 0.864 e. The molecule has 2 fully saturated rings. The largest absolute Gasteiger partial charge is 0.864 e. The van der Waals surface area contributed by atoms with Crippen LogP contribution in [-0.4, -0.2) is 32.9 Å². The molecule has 0 heterocycles. The third-order valence-corrected chi connectivity index (χ3v) is 13.2. The molecule has 0 saturated heterocycles. The first-order valence-corrected chi connectivity index (χ1v) is 21.5. The molecule has 0 bridgehead atoms. The number of benzene rings is 5. The molecule has 5 nitrogen and oxygen atoms in total. The first-order valence-electron chi connectivity index (χ1n) is 20.2. The summed E-state index contributed by atoms with van der Waals surface area (Å²) in [6, 6.07) is 35.7. The normalized spacial score (nSPS) is 15.9. The lowest BCUT2D eigenvalue weighted by molar-refractivity contribution is -0.190. The van der Waals surface area contributed by atoms with Gasteiger partial charge in [0.2, 0.25) is 0 Å². The maximum atomic E-state index is 15.5. The summed E-state index contributed by atoms with van der Waals surface area (Å²) >= 11 is 0. The number of hydrogen-bond acceptors (Lipinski definition) is 5. The van der Waals surface area contributed by atoms with E-state index in [-0.39, 0.29) is 17.2 Å². The Hall–Kier alpha value is -4.83. The van der Waals surface area contributed by atoms with Gasteiger partial charge in [0.1, 0.15) is 28.7 Å². The highest BCUT2D eigenvalue weighted by atomic mass is 31.1. The van der Waals surface area contributed by atoms with Crippen LogP contribution in [0.15, 0.2) is 121 Å². The van der Waals surface area contributed by atoms with Gasteiger partial charge in [-0.15, -0.1) is 0 Å². The molecule has 59 heavy (non-hydrogen) atoms. The van der Waals surface area contributed by atoms with Crippen molar-refractivity contribution < 1.29 is 49.8 Å². The van der Waals surface area contributed by atoms with Gasteiger partial charge in [-0.25, -0.2) is 8.78 Å². The Balaban J connectivity index is 1.48. The van der Waals surface area contributed by atoms with Crippen LogP contribution in [0, 0.1) is 0 Å². The number of halogens is 6. The molecule has 2 saturated carbocycles. The minimum Gasteiger partial charge on any atom is -0.490 e. The predicted octanol–water partition coefficient (Wildman–Crippen LogP) is 11.9. The average Bonchev–Trinajstić information content (AvgIpc) is 3.26. The van der Waals surface area contributed by atoms with Crippen LogP contribution in [0.2, 0.25) is 0 Å². The molecule has 1 unspecified atom stereocenters. The van der Waals surface area contributed by atoms with Crippen molar-refractivity contribution in [2.75, 3.05) is 13.3 Å². The molecule has 5 aromatic rings. The van der Waals surface area contributed by atoms with E-state index in [0.717, 1.165) is 31.0 Å². The van der Waals surface area contributed by atoms with Crippen LogP contribution in [0.1, 0.15) is 87.2 Å². The molecule has 0 amide bonds. The Labute approximate surface area is 342 Å². The van der Waals surface area contributed by atoms with E-state index in [9.17, 15) is 8.78 Å². The number of ether oxygens (including phenoxy) is 2. The second-order valence-electron chi connectivity index (χ2n) is 14.9. The van der Waals surface area contributed by atoms with Crippen LogP contribution < -0.4 is 39.4 Å². The van der Waals surface area contributed by atoms with Crippen molar-refractivity contribution in [3.05, 3.63) is 132 Å². The van der Waals surface area contributed by atoms with Crippen LogP contribution in [0.3, 0.4) is 0 Å².